The Balaban J connectivity index is 1.23. The second-order valence-corrected chi connectivity index (χ2v) is 11.3. The molecule has 2 aliphatic heterocycles. The van der Waals surface area contributed by atoms with Crippen molar-refractivity contribution < 1.29 is 23.7 Å². The lowest BCUT2D eigenvalue weighted by Gasteiger charge is -2.58. The molecule has 2 heterocycles. The summed E-state index contributed by atoms with van der Waals surface area (Å²) in [4.78, 5) is 15.5. The standard InChI is InChI=1S/C33H35NO5/c35-32(39-22-24-11-5-2-6-12-24)34-16-15-33-14-8-7-13-26(33)28(34)19-25-27(33)20-29(31-30(25)36-17-18-37-31)38-21-23-9-3-1-4-10-23/h1-6,9-12,20,26,28H,7-8,13-19,21-22H2/t26-,28+,33+/m1/s1. The maximum Gasteiger partial charge on any atom is 0.410 e. The van der Waals surface area contributed by atoms with E-state index in [1.54, 1.807) is 0 Å². The highest BCUT2D eigenvalue weighted by molar-refractivity contribution is 5.70. The third-order valence-corrected chi connectivity index (χ3v) is 9.27. The second kappa shape index (κ2) is 10.1. The van der Waals surface area contributed by atoms with Crippen molar-refractivity contribution in [2.24, 2.45) is 5.92 Å². The minimum Gasteiger partial charge on any atom is -0.486 e. The predicted octanol–water partition coefficient (Wildman–Crippen LogP) is 6.43. The maximum atomic E-state index is 13.4. The Kier molecular flexibility index (Phi) is 6.34. The normalized spacial score (nSPS) is 24.8. The van der Waals surface area contributed by atoms with E-state index < -0.39 is 0 Å². The van der Waals surface area contributed by atoms with E-state index in [0.29, 0.717) is 44.6 Å². The number of rotatable bonds is 5. The summed E-state index contributed by atoms with van der Waals surface area (Å²) in [5, 5.41) is 0. The first-order valence-corrected chi connectivity index (χ1v) is 14.3. The number of hydrogen-bond acceptors (Lipinski definition) is 5. The number of benzene rings is 3. The van der Waals surface area contributed by atoms with E-state index in [1.165, 1.54) is 24.0 Å². The van der Waals surface area contributed by atoms with Crippen molar-refractivity contribution in [3.05, 3.63) is 89.0 Å². The summed E-state index contributed by atoms with van der Waals surface area (Å²) in [5.41, 5.74) is 4.70. The minimum absolute atomic E-state index is 0.0212. The number of carbonyl (C=O) groups excluding carboxylic acids is 1. The van der Waals surface area contributed by atoms with Crippen molar-refractivity contribution in [2.75, 3.05) is 19.8 Å². The van der Waals surface area contributed by atoms with Gasteiger partial charge >= 0.3 is 6.09 Å². The van der Waals surface area contributed by atoms with Gasteiger partial charge in [-0.25, -0.2) is 4.79 Å². The van der Waals surface area contributed by atoms with Crippen LogP contribution in [0.1, 0.15) is 54.4 Å². The fourth-order valence-electron chi connectivity index (χ4n) is 7.52. The third-order valence-electron chi connectivity index (χ3n) is 9.27. The molecule has 2 fully saturated rings. The van der Waals surface area contributed by atoms with Crippen LogP contribution in [0.15, 0.2) is 66.7 Å². The molecule has 6 nitrogen and oxygen atoms in total. The first kappa shape index (κ1) is 24.4. The molecule has 2 bridgehead atoms. The van der Waals surface area contributed by atoms with Crippen molar-refractivity contribution in [1.29, 1.82) is 0 Å². The number of piperidine rings is 1. The monoisotopic (exact) mass is 525 g/mol. The number of carbonyl (C=O) groups is 1. The molecule has 1 saturated carbocycles. The predicted molar refractivity (Wildman–Crippen MR) is 147 cm³/mol. The quantitative estimate of drug-likeness (QED) is 0.384. The molecule has 6 heteroatoms. The van der Waals surface area contributed by atoms with E-state index in [-0.39, 0.29) is 17.6 Å². The molecule has 0 N–H and O–H groups in total. The molecule has 0 aromatic heterocycles. The van der Waals surface area contributed by atoms with Gasteiger partial charge in [0.1, 0.15) is 26.4 Å². The third kappa shape index (κ3) is 4.30. The Morgan fingerprint density at radius 2 is 1.62 bits per heavy atom. The van der Waals surface area contributed by atoms with E-state index in [2.05, 4.69) is 18.2 Å². The molecule has 0 radical (unpaired) electrons. The number of ether oxygens (including phenoxy) is 4. The zero-order chi connectivity index (χ0) is 26.2. The topological polar surface area (TPSA) is 57.2 Å². The molecule has 1 amide bonds. The Morgan fingerprint density at radius 1 is 0.897 bits per heavy atom. The lowest BCUT2D eigenvalue weighted by Crippen LogP contribution is -2.62. The largest absolute Gasteiger partial charge is 0.486 e. The molecule has 1 saturated heterocycles. The number of fused-ring (bicyclic) bond motifs is 3. The minimum atomic E-state index is -0.208. The van der Waals surface area contributed by atoms with Crippen molar-refractivity contribution >= 4 is 6.09 Å². The Hall–Kier alpha value is -3.67. The lowest BCUT2D eigenvalue weighted by atomic mass is 9.52. The maximum absolute atomic E-state index is 13.4. The molecule has 2 aliphatic carbocycles. The zero-order valence-electron chi connectivity index (χ0n) is 22.3. The number of amides is 1. The molecule has 3 aromatic rings. The van der Waals surface area contributed by atoms with Gasteiger partial charge in [-0.3, -0.25) is 0 Å². The Morgan fingerprint density at radius 3 is 2.38 bits per heavy atom. The van der Waals surface area contributed by atoms with Crippen molar-refractivity contribution in [3.8, 4) is 17.2 Å². The summed E-state index contributed by atoms with van der Waals surface area (Å²) in [5.74, 6) is 2.70. The summed E-state index contributed by atoms with van der Waals surface area (Å²) < 4.78 is 24.7. The smallest absolute Gasteiger partial charge is 0.410 e. The molecule has 0 spiro atoms. The van der Waals surface area contributed by atoms with Gasteiger partial charge in [-0.2, -0.15) is 0 Å². The summed E-state index contributed by atoms with van der Waals surface area (Å²) in [7, 11) is 0. The van der Waals surface area contributed by atoms with Crippen LogP contribution in [0.25, 0.3) is 0 Å². The van der Waals surface area contributed by atoms with Gasteiger partial charge in [-0.05, 0) is 54.4 Å². The van der Waals surface area contributed by atoms with Crippen LogP contribution in [0, 0.1) is 5.92 Å². The van der Waals surface area contributed by atoms with Gasteiger partial charge in [-0.15, -0.1) is 0 Å². The van der Waals surface area contributed by atoms with Gasteiger partial charge in [0.05, 0.1) is 0 Å². The van der Waals surface area contributed by atoms with E-state index in [1.807, 2.05) is 53.4 Å². The van der Waals surface area contributed by atoms with Crippen LogP contribution >= 0.6 is 0 Å². The second-order valence-electron chi connectivity index (χ2n) is 11.3. The number of likely N-dealkylation sites (tertiary alicyclic amines) is 1. The van der Waals surface area contributed by atoms with Crippen LogP contribution in [-0.4, -0.2) is 36.8 Å². The number of hydrogen-bond donors (Lipinski definition) is 0. The van der Waals surface area contributed by atoms with Crippen LogP contribution in [0.4, 0.5) is 4.79 Å². The molecule has 3 atom stereocenters. The fraction of sp³-hybridized carbons (Fsp3) is 0.424. The van der Waals surface area contributed by atoms with Gasteiger partial charge in [0, 0.05) is 23.6 Å². The van der Waals surface area contributed by atoms with Gasteiger partial charge in [0.15, 0.2) is 11.5 Å². The van der Waals surface area contributed by atoms with Gasteiger partial charge in [-0.1, -0.05) is 73.5 Å². The first-order chi connectivity index (χ1) is 19.2. The highest BCUT2D eigenvalue weighted by atomic mass is 16.6. The molecular weight excluding hydrogens is 490 g/mol. The average Bonchev–Trinajstić information content (AvgIpc) is 3.00. The van der Waals surface area contributed by atoms with Crippen molar-refractivity contribution in [2.45, 2.75) is 63.2 Å². The average molecular weight is 526 g/mol. The molecular formula is C33H35NO5. The van der Waals surface area contributed by atoms with Gasteiger partial charge < -0.3 is 23.8 Å². The molecule has 39 heavy (non-hydrogen) atoms. The van der Waals surface area contributed by atoms with Gasteiger partial charge in [0.2, 0.25) is 5.75 Å². The highest BCUT2D eigenvalue weighted by Crippen LogP contribution is 2.60. The van der Waals surface area contributed by atoms with E-state index in [4.69, 9.17) is 18.9 Å². The highest BCUT2D eigenvalue weighted by Gasteiger charge is 2.56. The summed E-state index contributed by atoms with van der Waals surface area (Å²) in [6.07, 6.45) is 6.14. The fourth-order valence-corrected chi connectivity index (χ4v) is 7.52. The SMILES string of the molecule is O=C(OCc1ccccc1)N1CC[C@@]23CCCC[C@@H]2[C@@H]1Cc1c3cc(OCc2ccccc2)c2c1OCCO2. The molecule has 3 aromatic carbocycles. The molecule has 0 unspecified atom stereocenters. The molecule has 4 aliphatic rings. The van der Waals surface area contributed by atoms with Crippen LogP contribution in [-0.2, 0) is 29.8 Å². The van der Waals surface area contributed by atoms with Crippen LogP contribution in [0.3, 0.4) is 0 Å². The van der Waals surface area contributed by atoms with Crippen LogP contribution in [0.5, 0.6) is 17.2 Å². The van der Waals surface area contributed by atoms with E-state index in [9.17, 15) is 4.79 Å². The van der Waals surface area contributed by atoms with E-state index >= 15 is 0 Å². The lowest BCUT2D eigenvalue weighted by molar-refractivity contribution is -0.0147. The van der Waals surface area contributed by atoms with Crippen molar-refractivity contribution in [3.63, 3.8) is 0 Å². The molecule has 202 valence electrons. The Labute approximate surface area is 229 Å². The number of nitrogens with zero attached hydrogens (tertiary/aromatic N) is 1. The zero-order valence-corrected chi connectivity index (χ0v) is 22.3. The van der Waals surface area contributed by atoms with Crippen LogP contribution in [0.2, 0.25) is 0 Å². The molecule has 7 rings (SSSR count). The Bertz CT molecular complexity index is 1340. The summed E-state index contributed by atoms with van der Waals surface area (Å²) in [6, 6.07) is 22.5. The first-order valence-electron chi connectivity index (χ1n) is 14.3. The summed E-state index contributed by atoms with van der Waals surface area (Å²) in [6.45, 7) is 2.51. The van der Waals surface area contributed by atoms with Crippen molar-refractivity contribution in [1.82, 2.24) is 4.90 Å². The van der Waals surface area contributed by atoms with E-state index in [0.717, 1.165) is 48.3 Å². The van der Waals surface area contributed by atoms with Gasteiger partial charge in [0.25, 0.3) is 0 Å². The summed E-state index contributed by atoms with van der Waals surface area (Å²) >= 11 is 0. The van der Waals surface area contributed by atoms with Crippen LogP contribution < -0.4 is 14.2 Å².